The van der Waals surface area contributed by atoms with Crippen LogP contribution >= 0.6 is 0 Å². The van der Waals surface area contributed by atoms with Crippen molar-refractivity contribution in [3.63, 3.8) is 0 Å². The quantitative estimate of drug-likeness (QED) is 0.526. The van der Waals surface area contributed by atoms with E-state index in [1.165, 1.54) is 23.3 Å². The van der Waals surface area contributed by atoms with Gasteiger partial charge in [-0.15, -0.1) is 0 Å². The number of hydrogen-bond donors (Lipinski definition) is 0. The molecule has 2 aliphatic rings. The Hall–Kier alpha value is -2.43. The van der Waals surface area contributed by atoms with Crippen molar-refractivity contribution in [1.82, 2.24) is 4.90 Å². The molecule has 0 saturated carbocycles. The van der Waals surface area contributed by atoms with Crippen LogP contribution in [0.5, 0.6) is 0 Å². The highest BCUT2D eigenvalue weighted by Gasteiger charge is 2.44. The molecule has 1 atom stereocenters. The monoisotopic (exact) mass is 396 g/mol. The van der Waals surface area contributed by atoms with E-state index in [0.29, 0.717) is 18.7 Å². The summed E-state index contributed by atoms with van der Waals surface area (Å²) in [5.74, 6) is -0.576. The fraction of sp³-hybridized carbons (Fsp3) is 0.542. The van der Waals surface area contributed by atoms with E-state index in [4.69, 9.17) is 0 Å². The second-order valence-electron chi connectivity index (χ2n) is 9.31. The Bertz CT molecular complexity index is 792. The zero-order chi connectivity index (χ0) is 21.0. The molecule has 1 aliphatic carbocycles. The summed E-state index contributed by atoms with van der Waals surface area (Å²) in [6, 6.07) is 8.27. The van der Waals surface area contributed by atoms with Crippen LogP contribution in [-0.2, 0) is 14.4 Å². The van der Waals surface area contributed by atoms with E-state index in [9.17, 15) is 14.4 Å². The largest absolute Gasteiger partial charge is 0.330 e. The third-order valence-electron chi connectivity index (χ3n) is 5.57. The Morgan fingerprint density at radius 1 is 1.14 bits per heavy atom. The van der Waals surface area contributed by atoms with Gasteiger partial charge in [-0.2, -0.15) is 0 Å². The topological polar surface area (TPSA) is 57.7 Å². The number of rotatable bonds is 6. The maximum Gasteiger partial charge on any atom is 0.257 e. The van der Waals surface area contributed by atoms with Crippen LogP contribution in [0.3, 0.4) is 0 Å². The number of benzene rings is 1. The highest BCUT2D eigenvalue weighted by molar-refractivity contribution is 6.23. The average molecular weight is 397 g/mol. The van der Waals surface area contributed by atoms with Crippen LogP contribution in [-0.4, -0.2) is 35.2 Å². The number of imide groups is 1. The maximum absolute atomic E-state index is 13.2. The number of nitrogens with zero attached hydrogens (tertiary/aromatic N) is 2. The SMILES string of the molecule is CC(C)(C)CC(=O)N(CCC1=CCCCC1)C1CC(=O)N(c2ccccc2)C1=O. The van der Waals surface area contributed by atoms with Crippen LogP contribution in [0.4, 0.5) is 5.69 Å². The molecule has 1 fully saturated rings. The summed E-state index contributed by atoms with van der Waals surface area (Å²) in [4.78, 5) is 41.9. The minimum atomic E-state index is -0.707. The molecule has 1 heterocycles. The molecule has 29 heavy (non-hydrogen) atoms. The Morgan fingerprint density at radius 2 is 1.86 bits per heavy atom. The van der Waals surface area contributed by atoms with E-state index in [1.807, 2.05) is 26.8 Å². The van der Waals surface area contributed by atoms with Crippen molar-refractivity contribution in [1.29, 1.82) is 0 Å². The fourth-order valence-electron chi connectivity index (χ4n) is 4.11. The molecule has 1 unspecified atom stereocenters. The highest BCUT2D eigenvalue weighted by atomic mass is 16.2. The van der Waals surface area contributed by atoms with Gasteiger partial charge in [0.1, 0.15) is 6.04 Å². The number of carbonyl (C=O) groups is 3. The molecule has 0 spiro atoms. The molecule has 1 saturated heterocycles. The summed E-state index contributed by atoms with van der Waals surface area (Å²) in [7, 11) is 0. The lowest BCUT2D eigenvalue weighted by Crippen LogP contribution is -2.47. The molecule has 3 rings (SSSR count). The number of anilines is 1. The summed E-state index contributed by atoms with van der Waals surface area (Å²) in [6.45, 7) is 6.55. The van der Waals surface area contributed by atoms with E-state index in [0.717, 1.165) is 19.3 Å². The van der Waals surface area contributed by atoms with Gasteiger partial charge in [-0.25, -0.2) is 4.90 Å². The van der Waals surface area contributed by atoms with Crippen molar-refractivity contribution in [2.45, 2.75) is 71.8 Å². The van der Waals surface area contributed by atoms with Crippen LogP contribution in [0.15, 0.2) is 42.0 Å². The number of hydrogen-bond acceptors (Lipinski definition) is 3. The molecule has 0 N–H and O–H groups in total. The maximum atomic E-state index is 13.2. The van der Waals surface area contributed by atoms with Gasteiger partial charge in [0.05, 0.1) is 12.1 Å². The molecule has 0 radical (unpaired) electrons. The van der Waals surface area contributed by atoms with Crippen LogP contribution in [0, 0.1) is 5.41 Å². The molecular weight excluding hydrogens is 364 g/mol. The van der Waals surface area contributed by atoms with E-state index in [-0.39, 0.29) is 29.6 Å². The van der Waals surface area contributed by atoms with Crippen molar-refractivity contribution in [2.75, 3.05) is 11.4 Å². The fourth-order valence-corrected chi connectivity index (χ4v) is 4.11. The van der Waals surface area contributed by atoms with Gasteiger partial charge in [0.25, 0.3) is 5.91 Å². The summed E-state index contributed by atoms with van der Waals surface area (Å²) in [5.41, 5.74) is 1.76. The molecular formula is C24H32N2O3. The van der Waals surface area contributed by atoms with Gasteiger partial charge in [-0.3, -0.25) is 14.4 Å². The summed E-state index contributed by atoms with van der Waals surface area (Å²) >= 11 is 0. The highest BCUT2D eigenvalue weighted by Crippen LogP contribution is 2.29. The smallest absolute Gasteiger partial charge is 0.257 e. The van der Waals surface area contributed by atoms with E-state index in [1.54, 1.807) is 29.2 Å². The molecule has 0 aromatic heterocycles. The Kier molecular flexibility index (Phi) is 6.56. The summed E-state index contributed by atoms with van der Waals surface area (Å²) < 4.78 is 0. The number of para-hydroxylation sites is 1. The first-order chi connectivity index (χ1) is 13.8. The Labute approximate surface area is 173 Å². The summed E-state index contributed by atoms with van der Waals surface area (Å²) in [5, 5.41) is 0. The molecule has 1 aromatic carbocycles. The normalized spacial score (nSPS) is 20.0. The average Bonchev–Trinajstić information content (AvgIpc) is 2.96. The molecule has 156 valence electrons. The number of carbonyl (C=O) groups excluding carboxylic acids is 3. The predicted molar refractivity (Wildman–Crippen MR) is 114 cm³/mol. The molecule has 5 nitrogen and oxygen atoms in total. The number of amides is 3. The molecule has 5 heteroatoms. The molecule has 0 bridgehead atoms. The molecule has 1 aliphatic heterocycles. The zero-order valence-electron chi connectivity index (χ0n) is 17.8. The van der Waals surface area contributed by atoms with Crippen LogP contribution in [0.2, 0.25) is 0 Å². The third-order valence-corrected chi connectivity index (χ3v) is 5.57. The van der Waals surface area contributed by atoms with Gasteiger partial charge < -0.3 is 4.90 Å². The molecule has 3 amide bonds. The van der Waals surface area contributed by atoms with Crippen molar-refractivity contribution >= 4 is 23.4 Å². The van der Waals surface area contributed by atoms with Crippen LogP contribution < -0.4 is 4.90 Å². The number of allylic oxidation sites excluding steroid dienone is 1. The van der Waals surface area contributed by atoms with Crippen LogP contribution in [0.25, 0.3) is 0 Å². The lowest BCUT2D eigenvalue weighted by Gasteiger charge is -2.31. The van der Waals surface area contributed by atoms with Gasteiger partial charge in [0, 0.05) is 13.0 Å². The lowest BCUT2D eigenvalue weighted by atomic mass is 9.91. The van der Waals surface area contributed by atoms with Gasteiger partial charge in [-0.1, -0.05) is 50.6 Å². The minimum absolute atomic E-state index is 0.0463. The molecule has 1 aromatic rings. The van der Waals surface area contributed by atoms with Gasteiger partial charge in [0.15, 0.2) is 0 Å². The van der Waals surface area contributed by atoms with Crippen molar-refractivity contribution in [3.8, 4) is 0 Å². The first-order valence-corrected chi connectivity index (χ1v) is 10.7. The van der Waals surface area contributed by atoms with Crippen molar-refractivity contribution in [3.05, 3.63) is 42.0 Å². The Balaban J connectivity index is 1.80. The van der Waals surface area contributed by atoms with E-state index in [2.05, 4.69) is 6.08 Å². The standard InChI is InChI=1S/C24H32N2O3/c1-24(2,3)17-22(28)25(15-14-18-10-6-4-7-11-18)20-16-21(27)26(23(20)29)19-12-8-5-9-13-19/h5,8-10,12-13,20H,4,6-7,11,14-17H2,1-3H3. The lowest BCUT2D eigenvalue weighted by molar-refractivity contribution is -0.139. The van der Waals surface area contributed by atoms with Gasteiger partial charge in [-0.05, 0) is 49.7 Å². The van der Waals surface area contributed by atoms with E-state index < -0.39 is 6.04 Å². The van der Waals surface area contributed by atoms with Crippen LogP contribution in [0.1, 0.15) is 65.7 Å². The predicted octanol–water partition coefficient (Wildman–Crippen LogP) is 4.47. The first-order valence-electron chi connectivity index (χ1n) is 10.7. The van der Waals surface area contributed by atoms with Gasteiger partial charge in [0.2, 0.25) is 11.8 Å². The minimum Gasteiger partial charge on any atom is -0.330 e. The Morgan fingerprint density at radius 3 is 2.48 bits per heavy atom. The van der Waals surface area contributed by atoms with E-state index >= 15 is 0 Å². The second kappa shape index (κ2) is 8.93. The third kappa shape index (κ3) is 5.34. The second-order valence-corrected chi connectivity index (χ2v) is 9.31. The van der Waals surface area contributed by atoms with Crippen molar-refractivity contribution < 1.29 is 14.4 Å². The zero-order valence-corrected chi connectivity index (χ0v) is 17.8. The van der Waals surface area contributed by atoms with Gasteiger partial charge >= 0.3 is 0 Å². The van der Waals surface area contributed by atoms with Crippen molar-refractivity contribution in [2.24, 2.45) is 5.41 Å². The summed E-state index contributed by atoms with van der Waals surface area (Å²) in [6.07, 6.45) is 8.02. The first kappa shape index (κ1) is 21.3.